The van der Waals surface area contributed by atoms with Crippen molar-refractivity contribution in [1.82, 2.24) is 5.32 Å². The van der Waals surface area contributed by atoms with Gasteiger partial charge in [-0.3, -0.25) is 9.59 Å². The van der Waals surface area contributed by atoms with Crippen LogP contribution < -0.4 is 10.6 Å². The SMILES string of the molecule is O=C(/C=C/c1ccc(Cl)cc1)Nc1ccc(C(=O)NC2CCCCC2)cc1. The summed E-state index contributed by atoms with van der Waals surface area (Å²) in [6.45, 7) is 0. The molecule has 1 saturated carbocycles. The predicted octanol–water partition coefficient (Wildman–Crippen LogP) is 5.05. The third kappa shape index (κ3) is 5.97. The van der Waals surface area contributed by atoms with Crippen molar-refractivity contribution in [2.24, 2.45) is 0 Å². The molecule has 1 fully saturated rings. The van der Waals surface area contributed by atoms with E-state index < -0.39 is 0 Å². The maximum atomic E-state index is 12.3. The maximum Gasteiger partial charge on any atom is 0.251 e. The summed E-state index contributed by atoms with van der Waals surface area (Å²) in [6.07, 6.45) is 8.91. The van der Waals surface area contributed by atoms with Gasteiger partial charge in [0.05, 0.1) is 0 Å². The number of hydrogen-bond donors (Lipinski definition) is 2. The molecule has 0 aromatic heterocycles. The van der Waals surface area contributed by atoms with Crippen LogP contribution in [-0.2, 0) is 4.79 Å². The summed E-state index contributed by atoms with van der Waals surface area (Å²) in [5.41, 5.74) is 2.15. The van der Waals surface area contributed by atoms with Crippen LogP contribution in [0.2, 0.25) is 5.02 Å². The molecule has 0 spiro atoms. The van der Waals surface area contributed by atoms with E-state index in [9.17, 15) is 9.59 Å². The van der Waals surface area contributed by atoms with Crippen LogP contribution in [0.5, 0.6) is 0 Å². The van der Waals surface area contributed by atoms with E-state index in [1.807, 2.05) is 12.1 Å². The zero-order valence-corrected chi connectivity index (χ0v) is 15.8. The predicted molar refractivity (Wildman–Crippen MR) is 110 cm³/mol. The van der Waals surface area contributed by atoms with E-state index in [-0.39, 0.29) is 17.9 Å². The normalized spacial score (nSPS) is 14.9. The number of carbonyl (C=O) groups is 2. The molecule has 0 radical (unpaired) electrons. The van der Waals surface area contributed by atoms with Gasteiger partial charge in [-0.25, -0.2) is 0 Å². The third-order valence-corrected chi connectivity index (χ3v) is 4.90. The lowest BCUT2D eigenvalue weighted by Gasteiger charge is -2.22. The van der Waals surface area contributed by atoms with Gasteiger partial charge in [-0.15, -0.1) is 0 Å². The molecular weight excluding hydrogens is 360 g/mol. The highest BCUT2D eigenvalue weighted by atomic mass is 35.5. The Balaban J connectivity index is 1.52. The van der Waals surface area contributed by atoms with E-state index >= 15 is 0 Å². The van der Waals surface area contributed by atoms with Crippen molar-refractivity contribution in [3.05, 3.63) is 70.8 Å². The van der Waals surface area contributed by atoms with E-state index in [1.165, 1.54) is 25.3 Å². The summed E-state index contributed by atoms with van der Waals surface area (Å²) < 4.78 is 0. The van der Waals surface area contributed by atoms with Crippen LogP contribution in [0.15, 0.2) is 54.6 Å². The van der Waals surface area contributed by atoms with Crippen molar-refractivity contribution < 1.29 is 9.59 Å². The molecule has 0 atom stereocenters. The van der Waals surface area contributed by atoms with Gasteiger partial charge in [-0.2, -0.15) is 0 Å². The number of anilines is 1. The van der Waals surface area contributed by atoms with E-state index in [2.05, 4.69) is 10.6 Å². The second-order valence-electron chi connectivity index (χ2n) is 6.76. The second kappa shape index (κ2) is 9.38. The second-order valence-corrected chi connectivity index (χ2v) is 7.20. The first kappa shape index (κ1) is 19.2. The molecule has 1 aliphatic rings. The number of nitrogens with one attached hydrogen (secondary N) is 2. The number of halogens is 1. The largest absolute Gasteiger partial charge is 0.349 e. The van der Waals surface area contributed by atoms with Crippen molar-refractivity contribution in [3.8, 4) is 0 Å². The van der Waals surface area contributed by atoms with Crippen molar-refractivity contribution in [2.75, 3.05) is 5.32 Å². The number of carbonyl (C=O) groups excluding carboxylic acids is 2. The van der Waals surface area contributed by atoms with Gasteiger partial charge in [0.2, 0.25) is 5.91 Å². The van der Waals surface area contributed by atoms with Gasteiger partial charge in [0.15, 0.2) is 0 Å². The topological polar surface area (TPSA) is 58.2 Å². The molecule has 5 heteroatoms. The van der Waals surface area contributed by atoms with Crippen LogP contribution in [0.4, 0.5) is 5.69 Å². The molecule has 2 amide bonds. The van der Waals surface area contributed by atoms with Crippen molar-refractivity contribution in [3.63, 3.8) is 0 Å². The number of rotatable bonds is 5. The van der Waals surface area contributed by atoms with Crippen LogP contribution in [0.3, 0.4) is 0 Å². The maximum absolute atomic E-state index is 12.3. The summed E-state index contributed by atoms with van der Waals surface area (Å²) in [4.78, 5) is 24.3. The minimum absolute atomic E-state index is 0.0533. The minimum Gasteiger partial charge on any atom is -0.349 e. The molecule has 1 aliphatic carbocycles. The minimum atomic E-state index is -0.232. The molecule has 4 nitrogen and oxygen atoms in total. The molecule has 140 valence electrons. The average Bonchev–Trinajstić information content (AvgIpc) is 2.69. The van der Waals surface area contributed by atoms with Crippen LogP contribution >= 0.6 is 11.6 Å². The monoisotopic (exact) mass is 382 g/mol. The van der Waals surface area contributed by atoms with Crippen LogP contribution in [0.25, 0.3) is 6.08 Å². The molecule has 2 aromatic rings. The Morgan fingerprint density at radius 1 is 0.926 bits per heavy atom. The fourth-order valence-corrected chi connectivity index (χ4v) is 3.28. The van der Waals surface area contributed by atoms with Crippen LogP contribution in [-0.4, -0.2) is 17.9 Å². The molecule has 2 aromatic carbocycles. The zero-order chi connectivity index (χ0) is 19.1. The van der Waals surface area contributed by atoms with Crippen LogP contribution in [0.1, 0.15) is 48.0 Å². The van der Waals surface area contributed by atoms with Crippen molar-refractivity contribution >= 4 is 35.2 Å². The van der Waals surface area contributed by atoms with E-state index in [1.54, 1.807) is 42.5 Å². The lowest BCUT2D eigenvalue weighted by Crippen LogP contribution is -2.36. The lowest BCUT2D eigenvalue weighted by atomic mass is 9.95. The number of benzene rings is 2. The van der Waals surface area contributed by atoms with Gasteiger partial charge in [0.25, 0.3) is 5.91 Å². The van der Waals surface area contributed by atoms with Gasteiger partial charge in [-0.05, 0) is 60.9 Å². The first-order valence-corrected chi connectivity index (χ1v) is 9.63. The first-order chi connectivity index (χ1) is 13.1. The number of hydrogen-bond acceptors (Lipinski definition) is 2. The average molecular weight is 383 g/mol. The molecular formula is C22H23ClN2O2. The molecule has 3 rings (SSSR count). The van der Waals surface area contributed by atoms with Gasteiger partial charge in [0, 0.05) is 28.4 Å². The Morgan fingerprint density at radius 3 is 2.26 bits per heavy atom. The van der Waals surface area contributed by atoms with Gasteiger partial charge in [-0.1, -0.05) is 43.0 Å². The molecule has 0 bridgehead atoms. The summed E-state index contributed by atoms with van der Waals surface area (Å²) in [5, 5.41) is 6.54. The summed E-state index contributed by atoms with van der Waals surface area (Å²) in [5.74, 6) is -0.285. The lowest BCUT2D eigenvalue weighted by molar-refractivity contribution is -0.111. The quantitative estimate of drug-likeness (QED) is 0.710. The standard InChI is InChI=1S/C22H23ClN2O2/c23-18-11-6-16(7-12-18)8-15-21(26)24-20-13-9-17(10-14-20)22(27)25-19-4-2-1-3-5-19/h6-15,19H,1-5H2,(H,24,26)(H,25,27)/b15-8+. The van der Waals surface area contributed by atoms with E-state index in [0.717, 1.165) is 18.4 Å². The molecule has 2 N–H and O–H groups in total. The Bertz CT molecular complexity index is 807. The fraction of sp³-hybridized carbons (Fsp3) is 0.273. The van der Waals surface area contributed by atoms with E-state index in [0.29, 0.717) is 16.3 Å². The van der Waals surface area contributed by atoms with Gasteiger partial charge >= 0.3 is 0 Å². The fourth-order valence-electron chi connectivity index (χ4n) is 3.15. The molecule has 0 heterocycles. The first-order valence-electron chi connectivity index (χ1n) is 9.26. The molecule has 0 unspecified atom stereocenters. The van der Waals surface area contributed by atoms with Gasteiger partial charge < -0.3 is 10.6 Å². The summed E-state index contributed by atoms with van der Waals surface area (Å²) >= 11 is 5.84. The summed E-state index contributed by atoms with van der Waals surface area (Å²) in [6, 6.07) is 14.5. The molecule has 0 aliphatic heterocycles. The Morgan fingerprint density at radius 2 is 1.59 bits per heavy atom. The zero-order valence-electron chi connectivity index (χ0n) is 15.1. The molecule has 0 saturated heterocycles. The number of amides is 2. The Hall–Kier alpha value is -2.59. The highest BCUT2D eigenvalue weighted by Crippen LogP contribution is 2.18. The Labute approximate surface area is 164 Å². The summed E-state index contributed by atoms with van der Waals surface area (Å²) in [7, 11) is 0. The highest BCUT2D eigenvalue weighted by molar-refractivity contribution is 6.30. The third-order valence-electron chi connectivity index (χ3n) is 4.65. The molecule has 27 heavy (non-hydrogen) atoms. The Kier molecular flexibility index (Phi) is 6.66. The smallest absolute Gasteiger partial charge is 0.251 e. The highest BCUT2D eigenvalue weighted by Gasteiger charge is 2.16. The van der Waals surface area contributed by atoms with E-state index in [4.69, 9.17) is 11.6 Å². The van der Waals surface area contributed by atoms with Gasteiger partial charge in [0.1, 0.15) is 0 Å². The van der Waals surface area contributed by atoms with Crippen LogP contribution in [0, 0.1) is 0 Å². The van der Waals surface area contributed by atoms with Crippen molar-refractivity contribution in [2.45, 2.75) is 38.1 Å². The van der Waals surface area contributed by atoms with Crippen molar-refractivity contribution in [1.29, 1.82) is 0 Å².